The SMILES string of the molecule is CCOCC(C)(C)CCC/C=C/C(F)(F)C(C)C. The molecule has 0 aromatic heterocycles. The van der Waals surface area contributed by atoms with Crippen LogP contribution in [-0.2, 0) is 4.74 Å². The van der Waals surface area contributed by atoms with Crippen LogP contribution in [0.15, 0.2) is 12.2 Å². The van der Waals surface area contributed by atoms with Crippen molar-refractivity contribution in [3.05, 3.63) is 12.2 Å². The predicted octanol–water partition coefficient (Wildman–Crippen LogP) is 5.07. The van der Waals surface area contributed by atoms with Crippen molar-refractivity contribution in [1.29, 1.82) is 0 Å². The van der Waals surface area contributed by atoms with Gasteiger partial charge in [0.15, 0.2) is 0 Å². The normalized spacial score (nSPS) is 13.8. The summed E-state index contributed by atoms with van der Waals surface area (Å²) in [5.74, 6) is -3.32. The van der Waals surface area contributed by atoms with Gasteiger partial charge in [0.1, 0.15) is 0 Å². The maximum atomic E-state index is 13.3. The first-order chi connectivity index (χ1) is 8.21. The van der Waals surface area contributed by atoms with E-state index >= 15 is 0 Å². The molecule has 0 unspecified atom stereocenters. The van der Waals surface area contributed by atoms with Crippen molar-refractivity contribution >= 4 is 0 Å². The second-order valence-corrected chi connectivity index (χ2v) is 5.93. The molecule has 0 N–H and O–H groups in total. The second kappa shape index (κ2) is 7.88. The largest absolute Gasteiger partial charge is 0.381 e. The molecule has 0 saturated heterocycles. The topological polar surface area (TPSA) is 9.23 Å². The molecule has 0 atom stereocenters. The van der Waals surface area contributed by atoms with Gasteiger partial charge < -0.3 is 4.74 Å². The van der Waals surface area contributed by atoms with E-state index in [-0.39, 0.29) is 5.41 Å². The van der Waals surface area contributed by atoms with Gasteiger partial charge in [0.2, 0.25) is 0 Å². The molecule has 0 aromatic rings. The summed E-state index contributed by atoms with van der Waals surface area (Å²) in [7, 11) is 0. The van der Waals surface area contributed by atoms with Crippen molar-refractivity contribution in [2.45, 2.75) is 59.8 Å². The third-order valence-electron chi connectivity index (χ3n) is 3.03. The molecule has 0 rings (SSSR count). The van der Waals surface area contributed by atoms with Gasteiger partial charge in [0.05, 0.1) is 6.61 Å². The Hall–Kier alpha value is -0.440. The summed E-state index contributed by atoms with van der Waals surface area (Å²) < 4.78 is 31.9. The lowest BCUT2D eigenvalue weighted by Crippen LogP contribution is -2.20. The maximum Gasteiger partial charge on any atom is 0.268 e. The molecule has 0 fully saturated rings. The number of ether oxygens (including phenoxy) is 1. The average molecular weight is 262 g/mol. The van der Waals surface area contributed by atoms with E-state index in [0.29, 0.717) is 6.42 Å². The van der Waals surface area contributed by atoms with E-state index in [4.69, 9.17) is 4.74 Å². The Morgan fingerprint density at radius 3 is 2.33 bits per heavy atom. The minimum absolute atomic E-state index is 0.129. The Morgan fingerprint density at radius 1 is 1.22 bits per heavy atom. The maximum absolute atomic E-state index is 13.3. The molecule has 0 heterocycles. The zero-order chi connectivity index (χ0) is 14.2. The van der Waals surface area contributed by atoms with Gasteiger partial charge in [-0.1, -0.05) is 33.8 Å². The average Bonchev–Trinajstić information content (AvgIpc) is 2.25. The molecule has 0 saturated carbocycles. The summed E-state index contributed by atoms with van der Waals surface area (Å²) in [6, 6.07) is 0. The first kappa shape index (κ1) is 17.6. The highest BCUT2D eigenvalue weighted by atomic mass is 19.3. The van der Waals surface area contributed by atoms with Crippen molar-refractivity contribution < 1.29 is 13.5 Å². The fraction of sp³-hybridized carbons (Fsp3) is 0.867. The summed E-state index contributed by atoms with van der Waals surface area (Å²) in [4.78, 5) is 0. The van der Waals surface area contributed by atoms with E-state index in [1.807, 2.05) is 6.92 Å². The van der Waals surface area contributed by atoms with Gasteiger partial charge >= 0.3 is 0 Å². The lowest BCUT2D eigenvalue weighted by molar-refractivity contribution is 0.00599. The fourth-order valence-corrected chi connectivity index (χ4v) is 1.58. The molecule has 1 nitrogen and oxygen atoms in total. The van der Waals surface area contributed by atoms with Gasteiger partial charge in [-0.15, -0.1) is 0 Å². The number of allylic oxidation sites excluding steroid dienone is 2. The summed E-state index contributed by atoms with van der Waals surface area (Å²) in [6.45, 7) is 10.8. The number of hydrogen-bond acceptors (Lipinski definition) is 1. The van der Waals surface area contributed by atoms with E-state index < -0.39 is 11.8 Å². The minimum atomic E-state index is -2.68. The van der Waals surface area contributed by atoms with Crippen LogP contribution in [0.25, 0.3) is 0 Å². The summed E-state index contributed by atoms with van der Waals surface area (Å²) in [6.07, 6.45) is 5.27. The van der Waals surface area contributed by atoms with Gasteiger partial charge in [0.25, 0.3) is 5.92 Å². The summed E-state index contributed by atoms with van der Waals surface area (Å²) >= 11 is 0. The first-order valence-corrected chi connectivity index (χ1v) is 6.84. The van der Waals surface area contributed by atoms with E-state index in [0.717, 1.165) is 32.1 Å². The molecule has 0 aromatic carbocycles. The lowest BCUT2D eigenvalue weighted by atomic mass is 9.88. The van der Waals surface area contributed by atoms with Gasteiger partial charge in [-0.25, -0.2) is 8.78 Å². The molecule has 0 aliphatic heterocycles. The Bertz CT molecular complexity index is 245. The molecule has 0 spiro atoms. The first-order valence-electron chi connectivity index (χ1n) is 6.84. The Labute approximate surface area is 111 Å². The summed E-state index contributed by atoms with van der Waals surface area (Å²) in [5, 5.41) is 0. The molecule has 3 heteroatoms. The van der Waals surface area contributed by atoms with Crippen LogP contribution < -0.4 is 0 Å². The molecule has 108 valence electrons. The minimum Gasteiger partial charge on any atom is -0.381 e. The zero-order valence-corrected chi connectivity index (χ0v) is 12.4. The van der Waals surface area contributed by atoms with Crippen molar-refractivity contribution in [2.24, 2.45) is 11.3 Å². The van der Waals surface area contributed by atoms with Gasteiger partial charge in [-0.2, -0.15) is 0 Å². The third-order valence-corrected chi connectivity index (χ3v) is 3.03. The third kappa shape index (κ3) is 7.80. The molecule has 0 aliphatic rings. The lowest BCUT2D eigenvalue weighted by Gasteiger charge is -2.23. The van der Waals surface area contributed by atoms with E-state index in [1.165, 1.54) is 13.8 Å². The number of hydrogen-bond donors (Lipinski definition) is 0. The van der Waals surface area contributed by atoms with Gasteiger partial charge in [-0.3, -0.25) is 0 Å². The number of rotatable bonds is 9. The van der Waals surface area contributed by atoms with Crippen LogP contribution in [0.2, 0.25) is 0 Å². The highest BCUT2D eigenvalue weighted by Crippen LogP contribution is 2.27. The molecule has 0 amide bonds. The Kier molecular flexibility index (Phi) is 7.69. The highest BCUT2D eigenvalue weighted by molar-refractivity contribution is 4.96. The van der Waals surface area contributed by atoms with Crippen LogP contribution in [0.1, 0.15) is 53.9 Å². The number of unbranched alkanes of at least 4 members (excludes halogenated alkanes) is 1. The molecule has 0 bridgehead atoms. The van der Waals surface area contributed by atoms with Crippen LogP contribution >= 0.6 is 0 Å². The quantitative estimate of drug-likeness (QED) is 0.416. The van der Waals surface area contributed by atoms with E-state index in [1.54, 1.807) is 6.08 Å². The van der Waals surface area contributed by atoms with Crippen LogP contribution in [-0.4, -0.2) is 19.1 Å². The van der Waals surface area contributed by atoms with E-state index in [2.05, 4.69) is 13.8 Å². The Balaban J connectivity index is 3.89. The smallest absolute Gasteiger partial charge is 0.268 e. The molecule has 18 heavy (non-hydrogen) atoms. The van der Waals surface area contributed by atoms with Crippen molar-refractivity contribution in [3.8, 4) is 0 Å². The Morgan fingerprint density at radius 2 is 1.83 bits per heavy atom. The van der Waals surface area contributed by atoms with Crippen LogP contribution in [0.5, 0.6) is 0 Å². The molecular weight excluding hydrogens is 234 g/mol. The predicted molar refractivity (Wildman–Crippen MR) is 73.1 cm³/mol. The monoisotopic (exact) mass is 262 g/mol. The number of alkyl halides is 2. The van der Waals surface area contributed by atoms with Crippen LogP contribution in [0, 0.1) is 11.3 Å². The van der Waals surface area contributed by atoms with Crippen molar-refractivity contribution in [2.75, 3.05) is 13.2 Å². The van der Waals surface area contributed by atoms with E-state index in [9.17, 15) is 8.78 Å². The molecule has 0 aliphatic carbocycles. The fourth-order valence-electron chi connectivity index (χ4n) is 1.58. The standard InChI is InChI=1S/C15H28F2O/c1-6-18-12-14(4,5)10-8-7-9-11-15(16,17)13(2)3/h9,11,13H,6-8,10,12H2,1-5H3/b11-9+. The second-order valence-electron chi connectivity index (χ2n) is 5.93. The van der Waals surface area contributed by atoms with Gasteiger partial charge in [-0.05, 0) is 37.7 Å². The van der Waals surface area contributed by atoms with Crippen molar-refractivity contribution in [3.63, 3.8) is 0 Å². The number of halogens is 2. The highest BCUT2D eigenvalue weighted by Gasteiger charge is 2.29. The summed E-state index contributed by atoms with van der Waals surface area (Å²) in [5.41, 5.74) is 0.129. The zero-order valence-electron chi connectivity index (χ0n) is 12.4. The van der Waals surface area contributed by atoms with Crippen LogP contribution in [0.4, 0.5) is 8.78 Å². The van der Waals surface area contributed by atoms with Crippen molar-refractivity contribution in [1.82, 2.24) is 0 Å². The molecular formula is C15H28F2O. The van der Waals surface area contributed by atoms with Crippen LogP contribution in [0.3, 0.4) is 0 Å². The molecule has 0 radical (unpaired) electrons. The van der Waals surface area contributed by atoms with Gasteiger partial charge in [0, 0.05) is 12.5 Å².